The van der Waals surface area contributed by atoms with E-state index >= 15 is 0 Å². The minimum atomic E-state index is -0.430. The van der Waals surface area contributed by atoms with Gasteiger partial charge in [-0.2, -0.15) is 0 Å². The second kappa shape index (κ2) is 7.00. The second-order valence-electron chi connectivity index (χ2n) is 5.30. The van der Waals surface area contributed by atoms with E-state index in [4.69, 9.17) is 4.74 Å². The highest BCUT2D eigenvalue weighted by Gasteiger charge is 2.33. The van der Waals surface area contributed by atoms with Crippen molar-refractivity contribution in [2.45, 2.75) is 18.9 Å². The van der Waals surface area contributed by atoms with Crippen molar-refractivity contribution in [2.24, 2.45) is 0 Å². The van der Waals surface area contributed by atoms with Crippen LogP contribution < -0.4 is 4.90 Å². The summed E-state index contributed by atoms with van der Waals surface area (Å²) in [5, 5.41) is 0. The Labute approximate surface area is 134 Å². The van der Waals surface area contributed by atoms with E-state index in [9.17, 15) is 9.59 Å². The average molecular weight is 311 g/mol. The Hall–Kier alpha value is -2.76. The molecule has 0 radical (unpaired) electrons. The lowest BCUT2D eigenvalue weighted by molar-refractivity contribution is -0.143. The molecule has 1 aliphatic heterocycles. The molecule has 1 fully saturated rings. The predicted molar refractivity (Wildman–Crippen MR) is 84.1 cm³/mol. The molecule has 6 nitrogen and oxygen atoms in total. The van der Waals surface area contributed by atoms with Gasteiger partial charge in [-0.15, -0.1) is 0 Å². The van der Waals surface area contributed by atoms with E-state index in [0.717, 1.165) is 6.42 Å². The van der Waals surface area contributed by atoms with Gasteiger partial charge in [0.05, 0.1) is 0 Å². The number of ether oxygens (including phenoxy) is 1. The van der Waals surface area contributed by atoms with Crippen LogP contribution in [0.1, 0.15) is 23.2 Å². The summed E-state index contributed by atoms with van der Waals surface area (Å²) < 4.78 is 5.21. The number of esters is 1. The normalized spacial score (nSPS) is 17.0. The molecule has 3 rings (SSSR count). The maximum atomic E-state index is 12.3. The highest BCUT2D eigenvalue weighted by molar-refractivity contribution is 5.98. The number of ketones is 1. The fourth-order valence-corrected chi connectivity index (χ4v) is 2.63. The van der Waals surface area contributed by atoms with Crippen LogP contribution in [0, 0.1) is 0 Å². The Kier molecular flexibility index (Phi) is 4.61. The minimum absolute atomic E-state index is 0.209. The van der Waals surface area contributed by atoms with Crippen molar-refractivity contribution >= 4 is 17.7 Å². The Bertz CT molecular complexity index is 676. The van der Waals surface area contributed by atoms with Crippen molar-refractivity contribution in [3.05, 3.63) is 54.4 Å². The van der Waals surface area contributed by atoms with Gasteiger partial charge in [-0.3, -0.25) is 4.79 Å². The molecule has 0 unspecified atom stereocenters. The van der Waals surface area contributed by atoms with E-state index in [1.165, 1.54) is 0 Å². The third-order valence-electron chi connectivity index (χ3n) is 3.78. The molecular formula is C17H17N3O3. The highest BCUT2D eigenvalue weighted by Crippen LogP contribution is 2.22. The molecule has 1 saturated heterocycles. The van der Waals surface area contributed by atoms with Crippen molar-refractivity contribution in [3.63, 3.8) is 0 Å². The monoisotopic (exact) mass is 311 g/mol. The van der Waals surface area contributed by atoms with E-state index < -0.39 is 12.0 Å². The smallest absolute Gasteiger partial charge is 0.329 e. The van der Waals surface area contributed by atoms with E-state index in [2.05, 4.69) is 9.97 Å². The highest BCUT2D eigenvalue weighted by atomic mass is 16.5. The fourth-order valence-electron chi connectivity index (χ4n) is 2.63. The molecule has 1 atom stereocenters. The first kappa shape index (κ1) is 15.1. The molecule has 0 bridgehead atoms. The van der Waals surface area contributed by atoms with E-state index in [-0.39, 0.29) is 12.4 Å². The summed E-state index contributed by atoms with van der Waals surface area (Å²) >= 11 is 0. The van der Waals surface area contributed by atoms with Gasteiger partial charge in [-0.1, -0.05) is 30.3 Å². The molecule has 23 heavy (non-hydrogen) atoms. The molecule has 2 aromatic rings. The molecule has 2 heterocycles. The van der Waals surface area contributed by atoms with Crippen LogP contribution in [-0.2, 0) is 9.53 Å². The molecule has 0 N–H and O–H groups in total. The number of Topliss-reactive ketones (excluding diaryl/α,β-unsaturated/α-hetero) is 1. The van der Waals surface area contributed by atoms with Crippen LogP contribution in [0.4, 0.5) is 5.95 Å². The van der Waals surface area contributed by atoms with Crippen LogP contribution in [-0.4, -0.2) is 40.9 Å². The van der Waals surface area contributed by atoms with Crippen molar-refractivity contribution < 1.29 is 14.3 Å². The van der Waals surface area contributed by atoms with Crippen molar-refractivity contribution in [1.82, 2.24) is 9.97 Å². The van der Waals surface area contributed by atoms with Gasteiger partial charge >= 0.3 is 5.97 Å². The van der Waals surface area contributed by atoms with E-state index in [1.54, 1.807) is 42.7 Å². The maximum absolute atomic E-state index is 12.3. The van der Waals surface area contributed by atoms with Gasteiger partial charge in [-0.25, -0.2) is 14.8 Å². The van der Waals surface area contributed by atoms with Gasteiger partial charge in [0, 0.05) is 24.5 Å². The number of aromatic nitrogens is 2. The zero-order valence-electron chi connectivity index (χ0n) is 12.6. The summed E-state index contributed by atoms with van der Waals surface area (Å²) in [6.07, 6.45) is 4.82. The van der Waals surface area contributed by atoms with Crippen LogP contribution in [0.3, 0.4) is 0 Å². The molecule has 0 aliphatic carbocycles. The minimum Gasteiger partial charge on any atom is -0.456 e. The first-order valence-corrected chi connectivity index (χ1v) is 7.54. The van der Waals surface area contributed by atoms with Crippen LogP contribution in [0.2, 0.25) is 0 Å². The third kappa shape index (κ3) is 3.53. The Morgan fingerprint density at radius 1 is 1.13 bits per heavy atom. The average Bonchev–Trinajstić information content (AvgIpc) is 3.11. The summed E-state index contributed by atoms with van der Waals surface area (Å²) in [5.74, 6) is -0.0972. The van der Waals surface area contributed by atoms with Crippen molar-refractivity contribution in [1.29, 1.82) is 0 Å². The van der Waals surface area contributed by atoms with Gasteiger partial charge in [0.2, 0.25) is 5.95 Å². The van der Waals surface area contributed by atoms with Gasteiger partial charge < -0.3 is 9.64 Å². The molecule has 0 spiro atoms. The lowest BCUT2D eigenvalue weighted by atomic mass is 10.1. The quantitative estimate of drug-likeness (QED) is 0.620. The zero-order valence-corrected chi connectivity index (χ0v) is 12.6. The number of nitrogens with zero attached hydrogens (tertiary/aromatic N) is 3. The molecular weight excluding hydrogens is 294 g/mol. The van der Waals surface area contributed by atoms with Gasteiger partial charge in [-0.05, 0) is 18.9 Å². The topological polar surface area (TPSA) is 72.4 Å². The van der Waals surface area contributed by atoms with Crippen LogP contribution in [0.15, 0.2) is 48.8 Å². The Morgan fingerprint density at radius 2 is 1.87 bits per heavy atom. The number of carbonyl (C=O) groups excluding carboxylic acids is 2. The lowest BCUT2D eigenvalue weighted by Gasteiger charge is -2.22. The summed E-state index contributed by atoms with van der Waals surface area (Å²) in [6.45, 7) is 0.458. The maximum Gasteiger partial charge on any atom is 0.329 e. The van der Waals surface area contributed by atoms with E-state index in [1.807, 2.05) is 11.0 Å². The predicted octanol–water partition coefficient (Wildman–Crippen LogP) is 1.87. The van der Waals surface area contributed by atoms with Crippen LogP contribution >= 0.6 is 0 Å². The van der Waals surface area contributed by atoms with Crippen molar-refractivity contribution in [2.75, 3.05) is 18.1 Å². The number of hydrogen-bond acceptors (Lipinski definition) is 6. The standard InChI is InChI=1S/C17H17N3O3/c21-15(13-6-2-1-3-7-13)12-23-16(22)14-8-4-11-20(14)17-18-9-5-10-19-17/h1-3,5-7,9-10,14H,4,8,11-12H2/t14-/m1/s1. The summed E-state index contributed by atoms with van der Waals surface area (Å²) in [7, 11) is 0. The largest absolute Gasteiger partial charge is 0.456 e. The summed E-state index contributed by atoms with van der Waals surface area (Å²) in [5.41, 5.74) is 0.537. The molecule has 0 amide bonds. The number of benzene rings is 1. The SMILES string of the molecule is O=C(COC(=O)[C@H]1CCCN1c1ncccn1)c1ccccc1. The van der Waals surface area contributed by atoms with Crippen molar-refractivity contribution in [3.8, 4) is 0 Å². The molecule has 1 aromatic carbocycles. The number of anilines is 1. The van der Waals surface area contributed by atoms with E-state index in [0.29, 0.717) is 24.5 Å². The summed E-state index contributed by atoms with van der Waals surface area (Å²) in [4.78, 5) is 34.5. The summed E-state index contributed by atoms with van der Waals surface area (Å²) in [6, 6.07) is 10.1. The molecule has 118 valence electrons. The Morgan fingerprint density at radius 3 is 2.61 bits per heavy atom. The second-order valence-corrected chi connectivity index (χ2v) is 5.30. The number of rotatable bonds is 5. The van der Waals surface area contributed by atoms with Crippen LogP contribution in [0.25, 0.3) is 0 Å². The lowest BCUT2D eigenvalue weighted by Crippen LogP contribution is -2.39. The third-order valence-corrected chi connectivity index (χ3v) is 3.78. The van der Waals surface area contributed by atoms with Gasteiger partial charge in [0.1, 0.15) is 6.04 Å². The van der Waals surface area contributed by atoms with Gasteiger partial charge in [0.15, 0.2) is 12.4 Å². The fraction of sp³-hybridized carbons (Fsp3) is 0.294. The molecule has 6 heteroatoms. The van der Waals surface area contributed by atoms with Gasteiger partial charge in [0.25, 0.3) is 0 Å². The zero-order chi connectivity index (χ0) is 16.1. The first-order chi connectivity index (χ1) is 11.3. The molecule has 1 aromatic heterocycles. The first-order valence-electron chi connectivity index (χ1n) is 7.54. The Balaban J connectivity index is 1.60. The molecule has 1 aliphatic rings. The number of hydrogen-bond donors (Lipinski definition) is 0. The molecule has 0 saturated carbocycles. The number of carbonyl (C=O) groups is 2. The van der Waals surface area contributed by atoms with Crippen LogP contribution in [0.5, 0.6) is 0 Å².